The molecule has 0 fully saturated rings. The van der Waals surface area contributed by atoms with Gasteiger partial charge in [0.05, 0.1) is 11.3 Å². The topological polar surface area (TPSA) is 79.8 Å². The maximum Gasteiger partial charge on any atom is 0.253 e. The number of rotatable bonds is 6. The maximum absolute atomic E-state index is 12.6. The summed E-state index contributed by atoms with van der Waals surface area (Å²) >= 11 is 11.6. The summed E-state index contributed by atoms with van der Waals surface area (Å²) < 4.78 is 0. The molecule has 0 atom stereocenters. The highest BCUT2D eigenvalue weighted by molar-refractivity contribution is 6.31. The Kier molecular flexibility index (Phi) is 6.21. The molecule has 0 aliphatic carbocycles. The summed E-state index contributed by atoms with van der Waals surface area (Å²) in [4.78, 5) is 24.3. The van der Waals surface area contributed by atoms with Crippen LogP contribution in [0.25, 0.3) is 0 Å². The molecule has 3 aromatic rings. The molecule has 138 valence electrons. The zero-order chi connectivity index (χ0) is 19.2. The number of anilines is 2. The number of hydrogen-bond acceptors (Lipinski definition) is 5. The summed E-state index contributed by atoms with van der Waals surface area (Å²) in [6.45, 7) is 2.45. The molecule has 0 unspecified atom stereocenters. The van der Waals surface area contributed by atoms with Gasteiger partial charge in [-0.15, -0.1) is 0 Å². The number of aromatic nitrogens is 3. The fraction of sp³-hybridized carbons (Fsp3) is 0.158. The third-order valence-electron chi connectivity index (χ3n) is 3.79. The van der Waals surface area contributed by atoms with Crippen molar-refractivity contribution in [2.24, 2.45) is 0 Å². The predicted molar refractivity (Wildman–Crippen MR) is 107 cm³/mol. The molecule has 1 aromatic heterocycles. The molecule has 3 rings (SSSR count). The third-order valence-corrected chi connectivity index (χ3v) is 4.13. The van der Waals surface area contributed by atoms with E-state index < -0.39 is 0 Å². The van der Waals surface area contributed by atoms with E-state index in [1.54, 1.807) is 6.07 Å². The molecular weight excluding hydrogens is 385 g/mol. The zero-order valence-electron chi connectivity index (χ0n) is 14.5. The van der Waals surface area contributed by atoms with Gasteiger partial charge in [-0.2, -0.15) is 15.0 Å². The van der Waals surface area contributed by atoms with Crippen molar-refractivity contribution < 1.29 is 4.79 Å². The Hall–Kier alpha value is -2.70. The number of nitrogens with zero attached hydrogens (tertiary/aromatic N) is 3. The van der Waals surface area contributed by atoms with Gasteiger partial charge in [0, 0.05) is 6.54 Å². The van der Waals surface area contributed by atoms with Crippen LogP contribution >= 0.6 is 23.2 Å². The number of amides is 1. The Balaban J connectivity index is 1.73. The van der Waals surface area contributed by atoms with Crippen LogP contribution in [0.2, 0.25) is 10.6 Å². The SMILES string of the molecule is Cc1ccc(C(=O)NCCc2ccccc2)c(Nc2nc(Cl)nc(Cl)n2)c1. The number of benzene rings is 2. The van der Waals surface area contributed by atoms with Gasteiger partial charge in [-0.1, -0.05) is 36.4 Å². The first-order chi connectivity index (χ1) is 13.0. The quantitative estimate of drug-likeness (QED) is 0.646. The van der Waals surface area contributed by atoms with E-state index in [4.69, 9.17) is 23.2 Å². The monoisotopic (exact) mass is 401 g/mol. The van der Waals surface area contributed by atoms with Crippen LogP contribution < -0.4 is 10.6 Å². The normalized spacial score (nSPS) is 10.5. The average molecular weight is 402 g/mol. The Labute approximate surface area is 167 Å². The molecule has 1 amide bonds. The number of carbonyl (C=O) groups excluding carboxylic acids is 1. The lowest BCUT2D eigenvalue weighted by Gasteiger charge is -2.12. The van der Waals surface area contributed by atoms with Crippen molar-refractivity contribution in [1.82, 2.24) is 20.3 Å². The van der Waals surface area contributed by atoms with Crippen molar-refractivity contribution in [3.8, 4) is 0 Å². The van der Waals surface area contributed by atoms with Crippen molar-refractivity contribution >= 4 is 40.7 Å². The first kappa shape index (κ1) is 19.1. The molecule has 6 nitrogen and oxygen atoms in total. The summed E-state index contributed by atoms with van der Waals surface area (Å²) in [5.74, 6) is -0.0244. The minimum absolute atomic E-state index is 0.0287. The predicted octanol–water partition coefficient (Wildman–Crippen LogP) is 4.20. The molecule has 0 aliphatic heterocycles. The number of aryl methyl sites for hydroxylation is 1. The van der Waals surface area contributed by atoms with E-state index >= 15 is 0 Å². The summed E-state index contributed by atoms with van der Waals surface area (Å²) in [5.41, 5.74) is 3.17. The van der Waals surface area contributed by atoms with Crippen LogP contribution in [0.5, 0.6) is 0 Å². The van der Waals surface area contributed by atoms with E-state index in [1.807, 2.05) is 49.4 Å². The molecule has 8 heteroatoms. The van der Waals surface area contributed by atoms with Crippen LogP contribution in [-0.2, 0) is 6.42 Å². The molecule has 1 heterocycles. The molecule has 2 N–H and O–H groups in total. The fourth-order valence-corrected chi connectivity index (χ4v) is 2.89. The molecule has 0 bridgehead atoms. The smallest absolute Gasteiger partial charge is 0.253 e. The number of halogens is 2. The van der Waals surface area contributed by atoms with Gasteiger partial charge in [-0.3, -0.25) is 4.79 Å². The van der Waals surface area contributed by atoms with Crippen LogP contribution in [0, 0.1) is 6.92 Å². The van der Waals surface area contributed by atoms with E-state index in [0.29, 0.717) is 17.8 Å². The highest BCUT2D eigenvalue weighted by Crippen LogP contribution is 2.22. The van der Waals surface area contributed by atoms with Gasteiger partial charge < -0.3 is 10.6 Å². The standard InChI is InChI=1S/C19H17Cl2N5O/c1-12-7-8-14(16(27)22-10-9-13-5-3-2-4-6-13)15(11-12)23-19-25-17(20)24-18(21)26-19/h2-8,11H,9-10H2,1H3,(H,22,27)(H,23,24,25,26). The molecule has 27 heavy (non-hydrogen) atoms. The van der Waals surface area contributed by atoms with E-state index in [-0.39, 0.29) is 22.4 Å². The Morgan fingerprint density at radius 3 is 2.41 bits per heavy atom. The van der Waals surface area contributed by atoms with Crippen LogP contribution in [0.1, 0.15) is 21.5 Å². The number of nitrogens with one attached hydrogen (secondary N) is 2. The first-order valence-corrected chi connectivity index (χ1v) is 9.04. The van der Waals surface area contributed by atoms with Crippen molar-refractivity contribution in [3.05, 3.63) is 75.8 Å². The van der Waals surface area contributed by atoms with Gasteiger partial charge in [0.25, 0.3) is 5.91 Å². The second-order valence-electron chi connectivity index (χ2n) is 5.86. The second-order valence-corrected chi connectivity index (χ2v) is 6.54. The van der Waals surface area contributed by atoms with Gasteiger partial charge in [-0.25, -0.2) is 0 Å². The minimum atomic E-state index is -0.195. The third kappa shape index (κ3) is 5.39. The first-order valence-electron chi connectivity index (χ1n) is 8.28. The lowest BCUT2D eigenvalue weighted by atomic mass is 10.1. The lowest BCUT2D eigenvalue weighted by Crippen LogP contribution is -2.26. The molecule has 0 spiro atoms. The van der Waals surface area contributed by atoms with Crippen LogP contribution in [-0.4, -0.2) is 27.4 Å². The van der Waals surface area contributed by atoms with Crippen LogP contribution in [0.3, 0.4) is 0 Å². The van der Waals surface area contributed by atoms with Crippen molar-refractivity contribution in [3.63, 3.8) is 0 Å². The average Bonchev–Trinajstić information content (AvgIpc) is 2.62. The van der Waals surface area contributed by atoms with Gasteiger partial charge >= 0.3 is 0 Å². The summed E-state index contributed by atoms with van der Waals surface area (Å²) in [6.07, 6.45) is 0.750. The van der Waals surface area contributed by atoms with Crippen LogP contribution in [0.15, 0.2) is 48.5 Å². The van der Waals surface area contributed by atoms with E-state index in [9.17, 15) is 4.79 Å². The largest absolute Gasteiger partial charge is 0.352 e. The van der Waals surface area contributed by atoms with Crippen molar-refractivity contribution in [2.45, 2.75) is 13.3 Å². The molecule has 0 saturated heterocycles. The van der Waals surface area contributed by atoms with Crippen molar-refractivity contribution in [2.75, 3.05) is 11.9 Å². The van der Waals surface area contributed by atoms with E-state index in [0.717, 1.165) is 17.5 Å². The maximum atomic E-state index is 12.6. The van der Waals surface area contributed by atoms with E-state index in [1.165, 1.54) is 0 Å². The number of hydrogen-bond donors (Lipinski definition) is 2. The lowest BCUT2D eigenvalue weighted by molar-refractivity contribution is 0.0955. The van der Waals surface area contributed by atoms with Gasteiger partial charge in [-0.05, 0) is 59.8 Å². The summed E-state index contributed by atoms with van der Waals surface area (Å²) in [6, 6.07) is 15.4. The van der Waals surface area contributed by atoms with Gasteiger partial charge in [0.1, 0.15) is 0 Å². The Bertz CT molecular complexity index is 930. The Morgan fingerprint density at radius 2 is 1.70 bits per heavy atom. The highest BCUT2D eigenvalue weighted by Gasteiger charge is 2.13. The Morgan fingerprint density at radius 1 is 1.00 bits per heavy atom. The molecule has 2 aromatic carbocycles. The molecule has 0 saturated carbocycles. The summed E-state index contributed by atoms with van der Waals surface area (Å²) in [5, 5.41) is 5.87. The second kappa shape index (κ2) is 8.79. The zero-order valence-corrected chi connectivity index (χ0v) is 16.1. The summed E-state index contributed by atoms with van der Waals surface area (Å²) in [7, 11) is 0. The number of carbonyl (C=O) groups is 1. The van der Waals surface area contributed by atoms with Crippen LogP contribution in [0.4, 0.5) is 11.6 Å². The minimum Gasteiger partial charge on any atom is -0.352 e. The fourth-order valence-electron chi connectivity index (χ4n) is 2.52. The molecule has 0 radical (unpaired) electrons. The van der Waals surface area contributed by atoms with Gasteiger partial charge in [0.2, 0.25) is 16.5 Å². The highest BCUT2D eigenvalue weighted by atomic mass is 35.5. The molecule has 0 aliphatic rings. The van der Waals surface area contributed by atoms with Gasteiger partial charge in [0.15, 0.2) is 0 Å². The molecular formula is C19H17Cl2N5O. The van der Waals surface area contributed by atoms with Crippen molar-refractivity contribution in [1.29, 1.82) is 0 Å². The van der Waals surface area contributed by atoms with E-state index in [2.05, 4.69) is 25.6 Å².